The monoisotopic (exact) mass is 328 g/mol. The van der Waals surface area contributed by atoms with Gasteiger partial charge in [0, 0.05) is 21.6 Å². The number of fused-ring (bicyclic) bond motifs is 1. The van der Waals surface area contributed by atoms with E-state index >= 15 is 0 Å². The lowest BCUT2D eigenvalue weighted by molar-refractivity contribution is 0.302. The summed E-state index contributed by atoms with van der Waals surface area (Å²) >= 11 is 3.40. The number of hydrogen-bond donors (Lipinski definition) is 1. The number of nitrogens with zero attached hydrogens (tertiary/aromatic N) is 1. The maximum Gasteiger partial charge on any atom is 0.130 e. The molecule has 1 heterocycles. The first kappa shape index (κ1) is 12.9. The normalized spacial score (nSPS) is 10.7. The third kappa shape index (κ3) is 2.91. The Balaban J connectivity index is 1.79. The van der Waals surface area contributed by atoms with Crippen molar-refractivity contribution in [3.63, 3.8) is 0 Å². The van der Waals surface area contributed by atoms with E-state index in [0.717, 1.165) is 26.8 Å². The van der Waals surface area contributed by atoms with Crippen LogP contribution in [0.15, 0.2) is 59.1 Å². The van der Waals surface area contributed by atoms with Crippen molar-refractivity contribution in [3.8, 4) is 5.75 Å². The van der Waals surface area contributed by atoms with Gasteiger partial charge >= 0.3 is 0 Å². The van der Waals surface area contributed by atoms with Crippen LogP contribution >= 0.6 is 15.9 Å². The van der Waals surface area contributed by atoms with Crippen LogP contribution in [0.3, 0.4) is 0 Å². The highest BCUT2D eigenvalue weighted by atomic mass is 79.9. The van der Waals surface area contributed by atoms with Gasteiger partial charge in [-0.3, -0.25) is 0 Å². The predicted octanol–water partition coefficient (Wildman–Crippen LogP) is 4.16. The molecule has 3 rings (SSSR count). The number of pyridine rings is 1. The molecule has 3 nitrogen and oxygen atoms in total. The van der Waals surface area contributed by atoms with E-state index in [-0.39, 0.29) is 0 Å². The van der Waals surface area contributed by atoms with Crippen molar-refractivity contribution in [2.45, 2.75) is 6.61 Å². The number of nitrogens with two attached hydrogens (primary N) is 1. The molecular weight excluding hydrogens is 316 g/mol. The van der Waals surface area contributed by atoms with Crippen molar-refractivity contribution in [1.29, 1.82) is 0 Å². The molecule has 20 heavy (non-hydrogen) atoms. The highest BCUT2D eigenvalue weighted by Gasteiger charge is 2.01. The van der Waals surface area contributed by atoms with E-state index in [4.69, 9.17) is 10.5 Å². The Hall–Kier alpha value is -2.07. The Kier molecular flexibility index (Phi) is 3.56. The molecule has 100 valence electrons. The summed E-state index contributed by atoms with van der Waals surface area (Å²) in [4.78, 5) is 4.57. The summed E-state index contributed by atoms with van der Waals surface area (Å²) in [5.41, 5.74) is 8.31. The van der Waals surface area contributed by atoms with Gasteiger partial charge in [-0.1, -0.05) is 40.2 Å². The molecule has 0 radical (unpaired) electrons. The number of rotatable bonds is 3. The average Bonchev–Trinajstić information content (AvgIpc) is 2.44. The third-order valence-electron chi connectivity index (χ3n) is 2.94. The fourth-order valence-electron chi connectivity index (χ4n) is 2.01. The second-order valence-corrected chi connectivity index (χ2v) is 5.42. The largest absolute Gasteiger partial charge is 0.487 e. The molecule has 0 unspecified atom stereocenters. The summed E-state index contributed by atoms with van der Waals surface area (Å²) in [7, 11) is 0. The Bertz CT molecular complexity index is 738. The van der Waals surface area contributed by atoms with Crippen LogP contribution in [0.25, 0.3) is 10.9 Å². The van der Waals surface area contributed by atoms with E-state index in [1.807, 2.05) is 42.5 Å². The number of anilines is 1. The minimum absolute atomic E-state index is 0.417. The van der Waals surface area contributed by atoms with E-state index in [1.54, 1.807) is 6.07 Å². The molecule has 0 amide bonds. The summed E-state index contributed by atoms with van der Waals surface area (Å²) in [6, 6.07) is 17.6. The average molecular weight is 329 g/mol. The molecule has 0 aliphatic rings. The number of halogens is 1. The lowest BCUT2D eigenvalue weighted by atomic mass is 10.2. The molecule has 0 saturated carbocycles. The molecule has 2 N–H and O–H groups in total. The van der Waals surface area contributed by atoms with Crippen LogP contribution in [0, 0.1) is 0 Å². The zero-order valence-electron chi connectivity index (χ0n) is 10.7. The smallest absolute Gasteiger partial charge is 0.130 e. The Morgan fingerprint density at radius 2 is 1.90 bits per heavy atom. The number of ether oxygens (including phenoxy) is 1. The van der Waals surface area contributed by atoms with Gasteiger partial charge in [0.15, 0.2) is 0 Å². The van der Waals surface area contributed by atoms with Crippen LogP contribution in [0.4, 0.5) is 5.69 Å². The van der Waals surface area contributed by atoms with Gasteiger partial charge in [0.25, 0.3) is 0 Å². The van der Waals surface area contributed by atoms with E-state index in [0.29, 0.717) is 12.3 Å². The van der Waals surface area contributed by atoms with Crippen molar-refractivity contribution in [1.82, 2.24) is 4.98 Å². The molecular formula is C16H13BrN2O. The van der Waals surface area contributed by atoms with E-state index in [2.05, 4.69) is 27.0 Å². The van der Waals surface area contributed by atoms with Gasteiger partial charge in [0.2, 0.25) is 0 Å². The van der Waals surface area contributed by atoms with Crippen LogP contribution in [0.5, 0.6) is 5.75 Å². The molecule has 4 heteroatoms. The molecule has 0 saturated heterocycles. The second-order valence-electron chi connectivity index (χ2n) is 4.50. The number of para-hydroxylation sites is 1. The van der Waals surface area contributed by atoms with Gasteiger partial charge in [0.05, 0.1) is 11.2 Å². The van der Waals surface area contributed by atoms with Crippen LogP contribution < -0.4 is 10.5 Å². The van der Waals surface area contributed by atoms with Crippen LogP contribution in [0.1, 0.15) is 5.69 Å². The highest BCUT2D eigenvalue weighted by molar-refractivity contribution is 9.10. The SMILES string of the molecule is Nc1cc(Br)cc(OCc2ccc3ccccc3n2)c1. The third-order valence-corrected chi connectivity index (χ3v) is 3.39. The first-order chi connectivity index (χ1) is 9.70. The van der Waals surface area contributed by atoms with Gasteiger partial charge < -0.3 is 10.5 Å². The Labute approximate surface area is 125 Å². The van der Waals surface area contributed by atoms with Crippen LogP contribution in [0.2, 0.25) is 0 Å². The summed E-state index contributed by atoms with van der Waals surface area (Å²) in [6.45, 7) is 0.417. The molecule has 0 bridgehead atoms. The summed E-state index contributed by atoms with van der Waals surface area (Å²) in [5, 5.41) is 1.13. The molecule has 0 atom stereocenters. The summed E-state index contributed by atoms with van der Waals surface area (Å²) in [6.07, 6.45) is 0. The summed E-state index contributed by atoms with van der Waals surface area (Å²) in [5.74, 6) is 0.729. The molecule has 0 aliphatic carbocycles. The fourth-order valence-corrected chi connectivity index (χ4v) is 2.50. The number of benzene rings is 2. The zero-order valence-corrected chi connectivity index (χ0v) is 12.3. The van der Waals surface area contributed by atoms with Gasteiger partial charge in [-0.05, 0) is 24.3 Å². The number of hydrogen-bond acceptors (Lipinski definition) is 3. The molecule has 1 aromatic heterocycles. The lowest BCUT2D eigenvalue weighted by Gasteiger charge is -2.08. The van der Waals surface area contributed by atoms with Crippen LogP contribution in [-0.4, -0.2) is 4.98 Å². The minimum atomic E-state index is 0.417. The molecule has 3 aromatic rings. The van der Waals surface area contributed by atoms with E-state index in [1.165, 1.54) is 0 Å². The number of aromatic nitrogens is 1. The van der Waals surface area contributed by atoms with Crippen LogP contribution in [-0.2, 0) is 6.61 Å². The standard InChI is InChI=1S/C16H13BrN2O/c17-12-7-13(18)9-15(8-12)20-10-14-6-5-11-3-1-2-4-16(11)19-14/h1-9H,10,18H2. The Morgan fingerprint density at radius 1 is 1.05 bits per heavy atom. The van der Waals surface area contributed by atoms with E-state index in [9.17, 15) is 0 Å². The van der Waals surface area contributed by atoms with Crippen molar-refractivity contribution >= 4 is 32.5 Å². The topological polar surface area (TPSA) is 48.1 Å². The second kappa shape index (κ2) is 5.51. The first-order valence-corrected chi connectivity index (χ1v) is 7.03. The van der Waals surface area contributed by atoms with E-state index < -0.39 is 0 Å². The van der Waals surface area contributed by atoms with Crippen molar-refractivity contribution in [2.24, 2.45) is 0 Å². The van der Waals surface area contributed by atoms with Gasteiger partial charge in [-0.15, -0.1) is 0 Å². The van der Waals surface area contributed by atoms with Crippen molar-refractivity contribution in [3.05, 3.63) is 64.8 Å². The summed E-state index contributed by atoms with van der Waals surface area (Å²) < 4.78 is 6.63. The minimum Gasteiger partial charge on any atom is -0.487 e. The van der Waals surface area contributed by atoms with Crippen molar-refractivity contribution in [2.75, 3.05) is 5.73 Å². The zero-order chi connectivity index (χ0) is 13.9. The number of nitrogen functional groups attached to an aromatic ring is 1. The lowest BCUT2D eigenvalue weighted by Crippen LogP contribution is -1.99. The molecule has 0 aliphatic heterocycles. The quantitative estimate of drug-likeness (QED) is 0.734. The molecule has 2 aromatic carbocycles. The maximum atomic E-state index is 5.78. The van der Waals surface area contributed by atoms with Gasteiger partial charge in [0.1, 0.15) is 12.4 Å². The molecule has 0 spiro atoms. The van der Waals surface area contributed by atoms with Gasteiger partial charge in [-0.2, -0.15) is 0 Å². The predicted molar refractivity (Wildman–Crippen MR) is 84.6 cm³/mol. The van der Waals surface area contributed by atoms with Crippen molar-refractivity contribution < 1.29 is 4.74 Å². The maximum absolute atomic E-state index is 5.78. The Morgan fingerprint density at radius 3 is 2.75 bits per heavy atom. The van der Waals surface area contributed by atoms with Gasteiger partial charge in [-0.25, -0.2) is 4.98 Å². The fraction of sp³-hybridized carbons (Fsp3) is 0.0625. The highest BCUT2D eigenvalue weighted by Crippen LogP contribution is 2.23. The first-order valence-electron chi connectivity index (χ1n) is 6.24. The molecule has 0 fully saturated rings.